The highest BCUT2D eigenvalue weighted by molar-refractivity contribution is 5.94. The molecule has 1 amide bonds. The maximum absolute atomic E-state index is 12.7. The van der Waals surface area contributed by atoms with Crippen molar-refractivity contribution in [2.75, 3.05) is 31.7 Å². The molecule has 10 heteroatoms. The van der Waals surface area contributed by atoms with Crippen molar-refractivity contribution in [1.29, 1.82) is 0 Å². The Morgan fingerprint density at radius 2 is 2.22 bits per heavy atom. The largest absolute Gasteiger partial charge is 0.471 e. The van der Waals surface area contributed by atoms with Crippen LogP contribution < -0.4 is 10.1 Å². The number of hydrogen-bond acceptors (Lipinski definition) is 5. The minimum Gasteiger partial charge on any atom is -0.471 e. The summed E-state index contributed by atoms with van der Waals surface area (Å²) in [5.74, 6) is -4.96. The van der Waals surface area contributed by atoms with Crippen molar-refractivity contribution in [2.24, 2.45) is 0 Å². The normalized spacial score (nSPS) is 18.7. The van der Waals surface area contributed by atoms with E-state index in [1.165, 1.54) is 12.1 Å². The van der Waals surface area contributed by atoms with Crippen LogP contribution in [0.3, 0.4) is 0 Å². The van der Waals surface area contributed by atoms with Crippen LogP contribution in [-0.2, 0) is 14.3 Å². The number of rotatable bonds is 6. The predicted molar refractivity (Wildman–Crippen MR) is 69.9 cm³/mol. The molecule has 0 aliphatic carbocycles. The van der Waals surface area contributed by atoms with E-state index in [0.29, 0.717) is 13.2 Å². The summed E-state index contributed by atoms with van der Waals surface area (Å²) < 4.78 is 64.2. The highest BCUT2D eigenvalue weighted by Gasteiger charge is 2.41. The first-order chi connectivity index (χ1) is 10.9. The molecular weight excluding hydrogens is 324 g/mol. The van der Waals surface area contributed by atoms with Crippen molar-refractivity contribution in [2.45, 2.75) is 18.5 Å². The van der Waals surface area contributed by atoms with Crippen molar-refractivity contribution in [3.05, 3.63) is 18.3 Å². The lowest BCUT2D eigenvalue weighted by molar-refractivity contribution is -0.148. The number of halogens is 4. The molecule has 2 rings (SSSR count). The third-order valence-electron chi connectivity index (χ3n) is 2.84. The van der Waals surface area contributed by atoms with Gasteiger partial charge in [0.05, 0.1) is 31.7 Å². The Hall–Kier alpha value is -1.94. The third kappa shape index (κ3) is 5.03. The lowest BCUT2D eigenvalue weighted by atomic mass is 10.3. The van der Waals surface area contributed by atoms with Gasteiger partial charge in [-0.3, -0.25) is 4.79 Å². The van der Waals surface area contributed by atoms with E-state index in [4.69, 9.17) is 9.47 Å². The molecule has 0 radical (unpaired) electrons. The molecule has 1 unspecified atom stereocenters. The number of amides is 1. The van der Waals surface area contributed by atoms with E-state index in [9.17, 15) is 22.4 Å². The lowest BCUT2D eigenvalue weighted by Crippen LogP contribution is -2.39. The fraction of sp³-hybridized carbons (Fsp3) is 0.538. The second-order valence-electron chi connectivity index (χ2n) is 4.66. The zero-order valence-electron chi connectivity index (χ0n) is 11.8. The minimum absolute atomic E-state index is 0.128. The molecule has 2 heterocycles. The second kappa shape index (κ2) is 7.55. The summed E-state index contributed by atoms with van der Waals surface area (Å²) in [4.78, 5) is 15.5. The molecular formula is C13H14F4N2O4. The van der Waals surface area contributed by atoms with Crippen LogP contribution in [0, 0.1) is 0 Å². The molecule has 1 fully saturated rings. The standard InChI is InChI=1S/C13H14F4N2O4/c14-12(15)13(16,17)7-23-10-2-1-8(5-18-10)19-11(20)9-6-21-3-4-22-9/h1-2,5,9,12H,3-4,6-7H2,(H,19,20). The van der Waals surface area contributed by atoms with E-state index in [1.807, 2.05) is 0 Å². The molecule has 1 aromatic heterocycles. The number of anilines is 1. The van der Waals surface area contributed by atoms with Gasteiger partial charge in [-0.15, -0.1) is 0 Å². The Morgan fingerprint density at radius 1 is 1.43 bits per heavy atom. The van der Waals surface area contributed by atoms with Gasteiger partial charge in [0.25, 0.3) is 5.91 Å². The number of pyridine rings is 1. The first-order valence-corrected chi connectivity index (χ1v) is 6.63. The van der Waals surface area contributed by atoms with E-state index in [1.54, 1.807) is 0 Å². The molecule has 0 spiro atoms. The summed E-state index contributed by atoms with van der Waals surface area (Å²) >= 11 is 0. The highest BCUT2D eigenvalue weighted by Crippen LogP contribution is 2.24. The first kappa shape index (κ1) is 17.4. The summed E-state index contributed by atoms with van der Waals surface area (Å²) in [5.41, 5.74) is 0.275. The zero-order valence-corrected chi connectivity index (χ0v) is 11.8. The molecule has 128 valence electrons. The second-order valence-corrected chi connectivity index (χ2v) is 4.66. The number of alkyl halides is 4. The summed E-state index contributed by atoms with van der Waals surface area (Å²) in [6.45, 7) is -0.637. The van der Waals surface area contributed by atoms with E-state index in [-0.39, 0.29) is 18.2 Å². The Kier molecular flexibility index (Phi) is 5.72. The Bertz CT molecular complexity index is 521. The maximum atomic E-state index is 12.7. The van der Waals surface area contributed by atoms with Crippen LogP contribution in [0.2, 0.25) is 0 Å². The molecule has 0 saturated carbocycles. The molecule has 1 atom stereocenters. The number of ether oxygens (including phenoxy) is 3. The first-order valence-electron chi connectivity index (χ1n) is 6.63. The molecule has 0 aromatic carbocycles. The van der Waals surface area contributed by atoms with Crippen LogP contribution >= 0.6 is 0 Å². The van der Waals surface area contributed by atoms with E-state index >= 15 is 0 Å². The number of aromatic nitrogens is 1. The van der Waals surface area contributed by atoms with Gasteiger partial charge in [0.15, 0.2) is 12.7 Å². The summed E-state index contributed by atoms with van der Waals surface area (Å²) in [7, 11) is 0. The minimum atomic E-state index is -4.26. The predicted octanol–water partition coefficient (Wildman–Crippen LogP) is 1.71. The van der Waals surface area contributed by atoms with Crippen LogP contribution in [0.1, 0.15) is 0 Å². The summed E-state index contributed by atoms with van der Waals surface area (Å²) in [5, 5.41) is 2.50. The van der Waals surface area contributed by atoms with Gasteiger partial charge in [-0.05, 0) is 6.07 Å². The van der Waals surface area contributed by atoms with Gasteiger partial charge in [-0.25, -0.2) is 13.8 Å². The van der Waals surface area contributed by atoms with E-state index < -0.39 is 31.0 Å². The molecule has 0 bridgehead atoms. The van der Waals surface area contributed by atoms with Crippen molar-refractivity contribution >= 4 is 11.6 Å². The van der Waals surface area contributed by atoms with E-state index in [2.05, 4.69) is 15.0 Å². The summed E-state index contributed by atoms with van der Waals surface area (Å²) in [6.07, 6.45) is -3.42. The zero-order chi connectivity index (χ0) is 16.9. The highest BCUT2D eigenvalue weighted by atomic mass is 19.3. The summed E-state index contributed by atoms with van der Waals surface area (Å²) in [6, 6.07) is 2.51. The van der Waals surface area contributed by atoms with Gasteiger partial charge < -0.3 is 19.5 Å². The maximum Gasteiger partial charge on any atom is 0.340 e. The topological polar surface area (TPSA) is 69.7 Å². The SMILES string of the molecule is O=C(Nc1ccc(OCC(F)(F)C(F)F)nc1)C1COCCO1. The Morgan fingerprint density at radius 3 is 2.78 bits per heavy atom. The van der Waals surface area contributed by atoms with Gasteiger partial charge in [0.2, 0.25) is 5.88 Å². The average molecular weight is 338 g/mol. The smallest absolute Gasteiger partial charge is 0.340 e. The van der Waals surface area contributed by atoms with Crippen molar-refractivity contribution < 1.29 is 36.6 Å². The number of carbonyl (C=O) groups is 1. The number of carbonyl (C=O) groups excluding carboxylic acids is 1. The quantitative estimate of drug-likeness (QED) is 0.800. The molecule has 6 nitrogen and oxygen atoms in total. The van der Waals surface area contributed by atoms with Crippen LogP contribution in [0.25, 0.3) is 0 Å². The van der Waals surface area contributed by atoms with Crippen LogP contribution in [0.4, 0.5) is 23.2 Å². The van der Waals surface area contributed by atoms with Gasteiger partial charge in [0, 0.05) is 6.07 Å². The van der Waals surface area contributed by atoms with Crippen LogP contribution in [0.15, 0.2) is 18.3 Å². The molecule has 1 saturated heterocycles. The monoisotopic (exact) mass is 338 g/mol. The fourth-order valence-corrected chi connectivity index (χ4v) is 1.63. The third-order valence-corrected chi connectivity index (χ3v) is 2.84. The Labute approximate surface area is 128 Å². The molecule has 1 N–H and O–H groups in total. The van der Waals surface area contributed by atoms with Crippen molar-refractivity contribution in [3.63, 3.8) is 0 Å². The van der Waals surface area contributed by atoms with E-state index in [0.717, 1.165) is 6.20 Å². The van der Waals surface area contributed by atoms with Crippen LogP contribution in [0.5, 0.6) is 5.88 Å². The van der Waals surface area contributed by atoms with Crippen molar-refractivity contribution in [3.8, 4) is 5.88 Å². The molecule has 1 aliphatic rings. The van der Waals surface area contributed by atoms with Gasteiger partial charge in [-0.2, -0.15) is 8.78 Å². The molecule has 23 heavy (non-hydrogen) atoms. The molecule has 1 aromatic rings. The van der Waals surface area contributed by atoms with Crippen LogP contribution in [-0.4, -0.2) is 55.8 Å². The van der Waals surface area contributed by atoms with Crippen molar-refractivity contribution in [1.82, 2.24) is 4.98 Å². The number of nitrogens with zero attached hydrogens (tertiary/aromatic N) is 1. The average Bonchev–Trinajstić information content (AvgIpc) is 2.55. The fourth-order valence-electron chi connectivity index (χ4n) is 1.63. The van der Waals surface area contributed by atoms with Gasteiger partial charge in [-0.1, -0.05) is 0 Å². The van der Waals surface area contributed by atoms with Gasteiger partial charge in [0.1, 0.15) is 0 Å². The number of hydrogen-bond donors (Lipinski definition) is 1. The lowest BCUT2D eigenvalue weighted by Gasteiger charge is -2.22. The van der Waals surface area contributed by atoms with Gasteiger partial charge >= 0.3 is 12.3 Å². The molecule has 1 aliphatic heterocycles. The number of nitrogens with one attached hydrogen (secondary N) is 1. The Balaban J connectivity index is 1.85.